The predicted molar refractivity (Wildman–Crippen MR) is 186 cm³/mol. The summed E-state index contributed by atoms with van der Waals surface area (Å²) in [7, 11) is 7.29. The first-order valence-electron chi connectivity index (χ1n) is 16.9. The number of aliphatic imine (C=N–C) groups is 1. The van der Waals surface area contributed by atoms with E-state index in [1.165, 1.54) is 97.8 Å². The summed E-state index contributed by atoms with van der Waals surface area (Å²) in [5, 5.41) is 0. The number of anilines is 1. The molecule has 3 nitrogen and oxygen atoms in total. The SMILES string of the molecule is CC(C)c1cccc(C(C)C)c1N=C([N]([Ge][Cl])c1c(C(C)C)cccc1C(C)C)N(C1CCCCC1)C1CCCCC1. The predicted octanol–water partition coefficient (Wildman–Crippen LogP) is 11.4. The third-order valence-electron chi connectivity index (χ3n) is 9.57. The molecular weight excluding hydrogens is 594 g/mol. The van der Waals surface area contributed by atoms with E-state index >= 15 is 0 Å². The summed E-state index contributed by atoms with van der Waals surface area (Å²) in [5.41, 5.74) is 8.01. The second-order valence-electron chi connectivity index (χ2n) is 14.0. The van der Waals surface area contributed by atoms with E-state index in [1.54, 1.807) is 0 Å². The minimum absolute atomic E-state index is 0.399. The molecule has 0 heterocycles. The molecule has 2 aliphatic carbocycles. The molecule has 0 bridgehead atoms. The van der Waals surface area contributed by atoms with Crippen molar-refractivity contribution in [1.29, 1.82) is 0 Å². The Balaban J connectivity index is 2.06. The van der Waals surface area contributed by atoms with E-state index in [2.05, 4.69) is 101 Å². The summed E-state index contributed by atoms with van der Waals surface area (Å²) in [5.74, 6) is 2.76. The molecule has 0 aliphatic heterocycles. The summed E-state index contributed by atoms with van der Waals surface area (Å²) in [6.07, 6.45) is 13.0. The average Bonchev–Trinajstić information content (AvgIpc) is 2.98. The van der Waals surface area contributed by atoms with Gasteiger partial charge >= 0.3 is 270 Å². The summed E-state index contributed by atoms with van der Waals surface area (Å²) < 4.78 is 2.55. The molecule has 2 fully saturated rings. The van der Waals surface area contributed by atoms with Crippen LogP contribution < -0.4 is 3.86 Å². The summed E-state index contributed by atoms with van der Waals surface area (Å²) in [4.78, 5) is 8.76. The Hall–Kier alpha value is -1.46. The minimum atomic E-state index is -1.03. The molecule has 2 aromatic rings. The molecule has 2 aliphatic rings. The van der Waals surface area contributed by atoms with E-state index in [4.69, 9.17) is 15.0 Å². The summed E-state index contributed by atoms with van der Waals surface area (Å²) in [6.45, 7) is 18.6. The van der Waals surface area contributed by atoms with Crippen molar-refractivity contribution < 1.29 is 0 Å². The Bertz CT molecular complexity index is 1110. The number of halogens is 1. The van der Waals surface area contributed by atoms with Crippen molar-refractivity contribution in [3.63, 3.8) is 0 Å². The van der Waals surface area contributed by atoms with E-state index in [0.717, 1.165) is 5.96 Å². The van der Waals surface area contributed by atoms with Gasteiger partial charge in [-0.3, -0.25) is 0 Å². The Morgan fingerprint density at radius 2 is 1.02 bits per heavy atom. The standard InChI is InChI=1S/C37H56ClGeN3/c1-25(2)31-21-15-22-32(26(3)4)35(31)40-37(41(29-17-11-9-12-18-29)30-19-13-10-14-20-30)42(39-38)36-33(27(5)6)23-16-24-34(36)28(7)8/h15-16,21-30H,9-14,17-20H2,1-8H3. The fourth-order valence-electron chi connectivity index (χ4n) is 7.26. The Kier molecular flexibility index (Phi) is 12.3. The molecule has 2 aromatic carbocycles. The second kappa shape index (κ2) is 15.5. The zero-order valence-electron chi connectivity index (χ0n) is 27.7. The molecule has 0 aromatic heterocycles. The van der Waals surface area contributed by atoms with Crippen LogP contribution in [0.4, 0.5) is 11.4 Å². The zero-order valence-corrected chi connectivity index (χ0v) is 30.6. The van der Waals surface area contributed by atoms with Crippen LogP contribution in [0.3, 0.4) is 0 Å². The summed E-state index contributed by atoms with van der Waals surface area (Å²) >= 11 is -1.03. The van der Waals surface area contributed by atoms with Gasteiger partial charge in [-0.1, -0.05) is 0 Å². The molecule has 0 atom stereocenters. The second-order valence-corrected chi connectivity index (χ2v) is 16.2. The van der Waals surface area contributed by atoms with Crippen molar-refractivity contribution in [3.05, 3.63) is 58.7 Å². The van der Waals surface area contributed by atoms with Gasteiger partial charge in [0.15, 0.2) is 0 Å². The van der Waals surface area contributed by atoms with Gasteiger partial charge in [-0.25, -0.2) is 0 Å². The van der Waals surface area contributed by atoms with Crippen molar-refractivity contribution in [2.75, 3.05) is 3.86 Å². The molecule has 0 saturated heterocycles. The number of hydrogen-bond acceptors (Lipinski definition) is 1. The number of guanidine groups is 1. The zero-order chi connectivity index (χ0) is 30.4. The molecule has 0 N–H and O–H groups in total. The van der Waals surface area contributed by atoms with Crippen molar-refractivity contribution >= 4 is 42.1 Å². The van der Waals surface area contributed by atoms with E-state index in [1.807, 2.05) is 0 Å². The van der Waals surface area contributed by atoms with Gasteiger partial charge < -0.3 is 0 Å². The molecule has 0 amide bonds. The van der Waals surface area contributed by atoms with Gasteiger partial charge in [-0.15, -0.1) is 0 Å². The van der Waals surface area contributed by atoms with Crippen LogP contribution in [0.1, 0.15) is 166 Å². The maximum absolute atomic E-state index is 7.29. The molecule has 5 heteroatoms. The van der Waals surface area contributed by atoms with Gasteiger partial charge in [0, 0.05) is 0 Å². The van der Waals surface area contributed by atoms with Gasteiger partial charge in [0.1, 0.15) is 0 Å². The number of rotatable bonds is 9. The quantitative estimate of drug-likeness (QED) is 0.153. The normalized spacial score (nSPS) is 17.6. The number of benzene rings is 2. The first-order chi connectivity index (χ1) is 20.1. The fraction of sp³-hybridized carbons (Fsp3) is 0.649. The molecule has 230 valence electrons. The monoisotopic (exact) mass is 651 g/mol. The van der Waals surface area contributed by atoms with Gasteiger partial charge in [-0.05, 0) is 0 Å². The van der Waals surface area contributed by atoms with Crippen molar-refractivity contribution in [1.82, 2.24) is 4.90 Å². The molecular formula is C37H56ClGeN3. The van der Waals surface area contributed by atoms with E-state index in [-0.39, 0.29) is 0 Å². The van der Waals surface area contributed by atoms with Crippen molar-refractivity contribution in [3.8, 4) is 0 Å². The van der Waals surface area contributed by atoms with E-state index < -0.39 is 14.7 Å². The van der Waals surface area contributed by atoms with Crippen LogP contribution in [0, 0.1) is 0 Å². The van der Waals surface area contributed by atoms with Crippen LogP contribution >= 0.6 is 10.0 Å². The molecule has 0 spiro atoms. The van der Waals surface area contributed by atoms with Crippen molar-refractivity contribution in [2.24, 2.45) is 4.99 Å². The van der Waals surface area contributed by atoms with Gasteiger partial charge in [-0.2, -0.15) is 0 Å². The third kappa shape index (κ3) is 7.60. The average molecular weight is 651 g/mol. The van der Waals surface area contributed by atoms with Gasteiger partial charge in [0.2, 0.25) is 0 Å². The molecule has 42 heavy (non-hydrogen) atoms. The molecule has 2 saturated carbocycles. The third-order valence-corrected chi connectivity index (χ3v) is 11.7. The van der Waals surface area contributed by atoms with E-state index in [9.17, 15) is 0 Å². The topological polar surface area (TPSA) is 18.8 Å². The molecule has 4 rings (SSSR count). The van der Waals surface area contributed by atoms with Crippen LogP contribution in [0.25, 0.3) is 0 Å². The fourth-order valence-corrected chi connectivity index (χ4v) is 9.31. The van der Waals surface area contributed by atoms with Crippen molar-refractivity contribution in [2.45, 2.75) is 155 Å². The Labute approximate surface area is 268 Å². The number of para-hydroxylation sites is 2. The molecule has 0 unspecified atom stereocenters. The number of hydrogen-bond donors (Lipinski definition) is 0. The van der Waals surface area contributed by atoms with Crippen LogP contribution in [-0.4, -0.2) is 37.7 Å². The Morgan fingerprint density at radius 3 is 1.38 bits per heavy atom. The van der Waals surface area contributed by atoms with Gasteiger partial charge in [0.25, 0.3) is 0 Å². The van der Waals surface area contributed by atoms with Crippen LogP contribution in [-0.2, 0) is 0 Å². The van der Waals surface area contributed by atoms with E-state index in [0.29, 0.717) is 35.8 Å². The van der Waals surface area contributed by atoms with Crippen LogP contribution in [0.2, 0.25) is 0 Å². The number of nitrogens with zero attached hydrogens (tertiary/aromatic N) is 3. The first kappa shape index (κ1) is 33.4. The summed E-state index contributed by atoms with van der Waals surface area (Å²) in [6, 6.07) is 14.8. The van der Waals surface area contributed by atoms with Crippen LogP contribution in [0.5, 0.6) is 0 Å². The van der Waals surface area contributed by atoms with Crippen LogP contribution in [0.15, 0.2) is 41.4 Å². The first-order valence-corrected chi connectivity index (χ1v) is 20.6. The van der Waals surface area contributed by atoms with Gasteiger partial charge in [0.05, 0.1) is 0 Å². The Morgan fingerprint density at radius 1 is 0.643 bits per heavy atom. The maximum atomic E-state index is 7.29. The molecule has 2 radical (unpaired) electrons.